The van der Waals surface area contributed by atoms with Crippen molar-refractivity contribution in [3.05, 3.63) is 83.7 Å². The number of anilines is 1. The highest BCUT2D eigenvalue weighted by atomic mass is 15.4. The Morgan fingerprint density at radius 2 is 1.64 bits per heavy atom. The highest BCUT2D eigenvalue weighted by molar-refractivity contribution is 5.77. The molecule has 4 rings (SSSR count). The molecule has 0 spiro atoms. The predicted octanol–water partition coefficient (Wildman–Crippen LogP) is 3.64. The molecule has 2 heterocycles. The van der Waals surface area contributed by atoms with Gasteiger partial charge in [0.2, 0.25) is 5.95 Å². The maximum absolute atomic E-state index is 4.54. The molecule has 0 saturated heterocycles. The highest BCUT2D eigenvalue weighted by Crippen LogP contribution is 2.32. The molecule has 0 fully saturated rings. The molecule has 0 saturated carbocycles. The number of hydrogen-bond acceptors (Lipinski definition) is 3. The van der Waals surface area contributed by atoms with Gasteiger partial charge in [-0.15, -0.1) is 0 Å². The summed E-state index contributed by atoms with van der Waals surface area (Å²) in [4.78, 5) is 4.50. The molecule has 1 aromatic heterocycles. The van der Waals surface area contributed by atoms with Crippen LogP contribution in [0.4, 0.5) is 5.95 Å². The molecule has 0 amide bonds. The minimum absolute atomic E-state index is 0.0499. The average Bonchev–Trinajstić information content (AvgIpc) is 2.95. The molecule has 0 unspecified atom stereocenters. The van der Waals surface area contributed by atoms with Crippen LogP contribution in [0.2, 0.25) is 0 Å². The first-order chi connectivity index (χ1) is 10.8. The van der Waals surface area contributed by atoms with E-state index in [9.17, 15) is 0 Å². The summed E-state index contributed by atoms with van der Waals surface area (Å²) >= 11 is 0. The van der Waals surface area contributed by atoms with Crippen molar-refractivity contribution in [2.24, 2.45) is 0 Å². The topological polar surface area (TPSA) is 42.7 Å². The fourth-order valence-electron chi connectivity index (χ4n) is 2.77. The van der Waals surface area contributed by atoms with Crippen LogP contribution in [0.5, 0.6) is 0 Å². The smallest absolute Gasteiger partial charge is 0.226 e. The predicted molar refractivity (Wildman–Crippen MR) is 87.4 cm³/mol. The summed E-state index contributed by atoms with van der Waals surface area (Å²) in [6.07, 6.45) is 2.20. The molecule has 108 valence electrons. The Balaban J connectivity index is 1.85. The monoisotopic (exact) mass is 288 g/mol. The Morgan fingerprint density at radius 3 is 2.36 bits per heavy atom. The van der Waals surface area contributed by atoms with Crippen LogP contribution in [-0.2, 0) is 0 Å². The lowest BCUT2D eigenvalue weighted by Crippen LogP contribution is -2.20. The average molecular weight is 288 g/mol. The molecule has 2 aromatic carbocycles. The van der Waals surface area contributed by atoms with Gasteiger partial charge < -0.3 is 5.32 Å². The summed E-state index contributed by atoms with van der Waals surface area (Å²) in [6, 6.07) is 20.7. The maximum atomic E-state index is 4.54. The molecule has 1 N–H and O–H groups in total. The van der Waals surface area contributed by atoms with Crippen molar-refractivity contribution in [2.75, 3.05) is 5.32 Å². The molecule has 22 heavy (non-hydrogen) atoms. The van der Waals surface area contributed by atoms with Crippen LogP contribution >= 0.6 is 0 Å². The zero-order chi connectivity index (χ0) is 14.9. The van der Waals surface area contributed by atoms with Gasteiger partial charge in [-0.2, -0.15) is 10.1 Å². The van der Waals surface area contributed by atoms with Crippen molar-refractivity contribution >= 4 is 11.6 Å². The lowest BCUT2D eigenvalue weighted by Gasteiger charge is -2.24. The van der Waals surface area contributed by atoms with Crippen LogP contribution < -0.4 is 5.32 Å². The Labute approximate surface area is 129 Å². The van der Waals surface area contributed by atoms with E-state index in [1.54, 1.807) is 0 Å². The van der Waals surface area contributed by atoms with Crippen molar-refractivity contribution in [1.29, 1.82) is 0 Å². The van der Waals surface area contributed by atoms with Gasteiger partial charge in [0.1, 0.15) is 11.9 Å². The first-order valence-corrected chi connectivity index (χ1v) is 7.33. The number of hydrogen-bond donors (Lipinski definition) is 1. The van der Waals surface area contributed by atoms with Gasteiger partial charge in [0.05, 0.1) is 0 Å². The molecule has 0 bridgehead atoms. The van der Waals surface area contributed by atoms with E-state index < -0.39 is 0 Å². The largest absolute Gasteiger partial charge is 0.324 e. The van der Waals surface area contributed by atoms with Crippen molar-refractivity contribution in [3.8, 4) is 0 Å². The zero-order valence-corrected chi connectivity index (χ0v) is 12.3. The van der Waals surface area contributed by atoms with Gasteiger partial charge in [-0.3, -0.25) is 0 Å². The van der Waals surface area contributed by atoms with E-state index in [-0.39, 0.29) is 6.04 Å². The molecule has 0 radical (unpaired) electrons. The first kappa shape index (κ1) is 12.8. The standard InChI is InChI=1S/C18H16N4/c1-13-19-18-20-16(14-8-4-2-5-9-14)12-17(22(18)21-13)15-10-6-3-7-11-15/h2-12,17H,1H3,(H,19,20,21)/t17-/m0/s1. The first-order valence-electron chi connectivity index (χ1n) is 7.33. The summed E-state index contributed by atoms with van der Waals surface area (Å²) in [5, 5.41) is 7.92. The molecule has 1 aliphatic rings. The van der Waals surface area contributed by atoms with E-state index in [2.05, 4.69) is 57.9 Å². The second-order valence-electron chi connectivity index (χ2n) is 5.35. The Kier molecular flexibility index (Phi) is 3.00. The van der Waals surface area contributed by atoms with Crippen LogP contribution in [0.25, 0.3) is 5.70 Å². The van der Waals surface area contributed by atoms with Gasteiger partial charge in [0.25, 0.3) is 0 Å². The molecule has 4 nitrogen and oxygen atoms in total. The highest BCUT2D eigenvalue weighted by Gasteiger charge is 2.24. The zero-order valence-electron chi connectivity index (χ0n) is 12.3. The molecule has 4 heteroatoms. The van der Waals surface area contributed by atoms with E-state index in [1.165, 1.54) is 5.56 Å². The van der Waals surface area contributed by atoms with E-state index >= 15 is 0 Å². The SMILES string of the molecule is Cc1nc2n(n1)[C@H](c1ccccc1)C=C(c1ccccc1)N2. The van der Waals surface area contributed by atoms with E-state index in [4.69, 9.17) is 0 Å². The number of benzene rings is 2. The van der Waals surface area contributed by atoms with Crippen LogP contribution in [0.1, 0.15) is 23.0 Å². The van der Waals surface area contributed by atoms with Gasteiger partial charge in [-0.25, -0.2) is 4.68 Å². The van der Waals surface area contributed by atoms with Crippen molar-refractivity contribution < 1.29 is 0 Å². The summed E-state index contributed by atoms with van der Waals surface area (Å²) in [7, 11) is 0. The number of allylic oxidation sites excluding steroid dienone is 1. The summed E-state index contributed by atoms with van der Waals surface area (Å²) < 4.78 is 1.94. The minimum Gasteiger partial charge on any atom is -0.324 e. The van der Waals surface area contributed by atoms with Gasteiger partial charge >= 0.3 is 0 Å². The Hall–Kier alpha value is -2.88. The lowest BCUT2D eigenvalue weighted by atomic mass is 10.0. The number of nitrogens with one attached hydrogen (secondary N) is 1. The molecule has 0 aliphatic carbocycles. The number of aryl methyl sites for hydroxylation is 1. The Morgan fingerprint density at radius 1 is 0.955 bits per heavy atom. The Bertz CT molecular complexity index is 819. The summed E-state index contributed by atoms with van der Waals surface area (Å²) in [5.74, 6) is 1.55. The number of rotatable bonds is 2. The lowest BCUT2D eigenvalue weighted by molar-refractivity contribution is 0.607. The third kappa shape index (κ3) is 2.19. The fraction of sp³-hybridized carbons (Fsp3) is 0.111. The summed E-state index contributed by atoms with van der Waals surface area (Å²) in [6.45, 7) is 1.91. The molecule has 1 atom stereocenters. The molecule has 3 aromatic rings. The van der Waals surface area contributed by atoms with Gasteiger partial charge in [-0.1, -0.05) is 60.7 Å². The van der Waals surface area contributed by atoms with Crippen LogP contribution in [0.3, 0.4) is 0 Å². The molecule has 1 aliphatic heterocycles. The molecular weight excluding hydrogens is 272 g/mol. The normalized spacial score (nSPS) is 16.6. The fourth-order valence-corrected chi connectivity index (χ4v) is 2.77. The quantitative estimate of drug-likeness (QED) is 0.783. The van der Waals surface area contributed by atoms with E-state index in [1.807, 2.05) is 35.9 Å². The number of nitrogens with zero attached hydrogens (tertiary/aromatic N) is 3. The second kappa shape index (κ2) is 5.15. The maximum Gasteiger partial charge on any atom is 0.226 e. The van der Waals surface area contributed by atoms with Gasteiger partial charge in [-0.05, 0) is 24.1 Å². The van der Waals surface area contributed by atoms with Gasteiger partial charge in [0.15, 0.2) is 0 Å². The summed E-state index contributed by atoms with van der Waals surface area (Å²) in [5.41, 5.74) is 3.41. The second-order valence-corrected chi connectivity index (χ2v) is 5.35. The van der Waals surface area contributed by atoms with Crippen LogP contribution in [-0.4, -0.2) is 14.8 Å². The minimum atomic E-state index is 0.0499. The van der Waals surface area contributed by atoms with E-state index in [0.717, 1.165) is 23.0 Å². The van der Waals surface area contributed by atoms with Crippen molar-refractivity contribution in [3.63, 3.8) is 0 Å². The number of aromatic nitrogens is 3. The van der Waals surface area contributed by atoms with Crippen molar-refractivity contribution in [2.45, 2.75) is 13.0 Å². The van der Waals surface area contributed by atoms with Gasteiger partial charge in [0, 0.05) is 5.70 Å². The third-order valence-electron chi connectivity index (χ3n) is 3.80. The molecular formula is C18H16N4. The third-order valence-corrected chi connectivity index (χ3v) is 3.80. The van der Waals surface area contributed by atoms with Crippen LogP contribution in [0.15, 0.2) is 66.7 Å². The van der Waals surface area contributed by atoms with E-state index in [0.29, 0.717) is 0 Å². The van der Waals surface area contributed by atoms with Crippen LogP contribution in [0, 0.1) is 6.92 Å². The number of fused-ring (bicyclic) bond motifs is 1. The van der Waals surface area contributed by atoms with Crippen molar-refractivity contribution in [1.82, 2.24) is 14.8 Å².